The molecule has 1 aliphatic rings. The molecule has 1 atom stereocenters. The van der Waals surface area contributed by atoms with Gasteiger partial charge >= 0.3 is 6.03 Å². The van der Waals surface area contributed by atoms with Gasteiger partial charge in [-0.3, -0.25) is 10.7 Å². The summed E-state index contributed by atoms with van der Waals surface area (Å²) in [5, 5.41) is 10.1. The average molecular weight is 300 g/mol. The van der Waals surface area contributed by atoms with E-state index in [9.17, 15) is 9.18 Å². The fourth-order valence-electron chi connectivity index (χ4n) is 1.90. The van der Waals surface area contributed by atoms with Crippen molar-refractivity contribution in [2.75, 3.05) is 6.54 Å². The van der Waals surface area contributed by atoms with E-state index in [1.165, 1.54) is 11.0 Å². The first-order valence-electron chi connectivity index (χ1n) is 5.15. The Balaban J connectivity index is 2.47. The van der Waals surface area contributed by atoms with Gasteiger partial charge in [-0.25, -0.2) is 9.18 Å². The topological polar surface area (TPSA) is 56.2 Å². The molecule has 1 aromatic rings. The molecule has 1 fully saturated rings. The highest BCUT2D eigenvalue weighted by atomic mass is 79.9. The number of benzene rings is 1. The normalized spacial score (nSPS) is 19.7. The first-order valence-corrected chi connectivity index (χ1v) is 5.95. The van der Waals surface area contributed by atoms with Crippen LogP contribution in [0.25, 0.3) is 0 Å². The Hall–Kier alpha value is -1.43. The summed E-state index contributed by atoms with van der Waals surface area (Å²) >= 11 is 3.26. The van der Waals surface area contributed by atoms with Crippen molar-refractivity contribution in [1.82, 2.24) is 10.2 Å². The summed E-state index contributed by atoms with van der Waals surface area (Å²) in [6.07, 6.45) is 0. The number of amides is 2. The third-order valence-electron chi connectivity index (χ3n) is 2.68. The number of hydrogen-bond donors (Lipinski definition) is 2. The number of nitrogens with zero attached hydrogens (tertiary/aromatic N) is 1. The van der Waals surface area contributed by atoms with Gasteiger partial charge in [0.15, 0.2) is 0 Å². The van der Waals surface area contributed by atoms with Crippen molar-refractivity contribution in [2.24, 2.45) is 0 Å². The van der Waals surface area contributed by atoms with E-state index in [0.29, 0.717) is 12.1 Å². The molecule has 0 aliphatic carbocycles. The summed E-state index contributed by atoms with van der Waals surface area (Å²) in [4.78, 5) is 13.0. The third-order valence-corrected chi connectivity index (χ3v) is 3.17. The van der Waals surface area contributed by atoms with E-state index in [1.54, 1.807) is 19.1 Å². The van der Waals surface area contributed by atoms with Gasteiger partial charge in [-0.15, -0.1) is 0 Å². The van der Waals surface area contributed by atoms with Gasteiger partial charge in [-0.1, -0.05) is 15.9 Å². The van der Waals surface area contributed by atoms with Crippen LogP contribution in [0.4, 0.5) is 9.18 Å². The zero-order chi connectivity index (χ0) is 12.6. The summed E-state index contributed by atoms with van der Waals surface area (Å²) in [7, 11) is 0. The van der Waals surface area contributed by atoms with Crippen LogP contribution in [0, 0.1) is 11.2 Å². The number of urea groups is 1. The lowest BCUT2D eigenvalue weighted by atomic mass is 10.1. The number of carbonyl (C=O) groups excluding carboxylic acids is 1. The summed E-state index contributed by atoms with van der Waals surface area (Å²) in [5.74, 6) is -0.410. The maximum absolute atomic E-state index is 13.7. The summed E-state index contributed by atoms with van der Waals surface area (Å²) < 4.78 is 14.5. The molecular formula is C11H11BrFN3O. The molecule has 17 heavy (non-hydrogen) atoms. The number of carbonyl (C=O) groups is 1. The van der Waals surface area contributed by atoms with Crippen LogP contribution in [0.5, 0.6) is 0 Å². The van der Waals surface area contributed by atoms with Crippen molar-refractivity contribution in [3.63, 3.8) is 0 Å². The fraction of sp³-hybridized carbons (Fsp3) is 0.273. The number of nitrogens with one attached hydrogen (secondary N) is 2. The molecule has 0 saturated carbocycles. The van der Waals surface area contributed by atoms with E-state index in [1.807, 2.05) is 0 Å². The van der Waals surface area contributed by atoms with Gasteiger partial charge in [0.2, 0.25) is 0 Å². The monoisotopic (exact) mass is 299 g/mol. The molecular weight excluding hydrogens is 289 g/mol. The van der Waals surface area contributed by atoms with Crippen LogP contribution in [0.3, 0.4) is 0 Å². The molecule has 0 spiro atoms. The largest absolute Gasteiger partial charge is 0.323 e. The van der Waals surface area contributed by atoms with Gasteiger partial charge in [0.25, 0.3) is 0 Å². The molecule has 0 radical (unpaired) electrons. The van der Waals surface area contributed by atoms with Crippen LogP contribution < -0.4 is 5.32 Å². The molecule has 90 valence electrons. The van der Waals surface area contributed by atoms with Crippen molar-refractivity contribution >= 4 is 27.8 Å². The number of rotatable bonds is 2. The predicted molar refractivity (Wildman–Crippen MR) is 65.5 cm³/mol. The summed E-state index contributed by atoms with van der Waals surface area (Å²) in [5.41, 5.74) is 0.324. The van der Waals surface area contributed by atoms with Crippen LogP contribution in [0.15, 0.2) is 22.7 Å². The van der Waals surface area contributed by atoms with E-state index in [-0.39, 0.29) is 11.9 Å². The number of halogens is 2. The number of amidine groups is 1. The molecule has 2 rings (SSSR count). The standard InChI is InChI=1S/C11H11BrFN3O/c1-2-16-9(10(14)15-11(16)17)7-5-6(12)3-4-8(7)13/h3-5,9H,2H2,1H3,(H2,14,15,17). The Morgan fingerprint density at radius 2 is 2.29 bits per heavy atom. The first-order chi connectivity index (χ1) is 8.04. The Kier molecular flexibility index (Phi) is 3.15. The number of hydrogen-bond acceptors (Lipinski definition) is 2. The molecule has 1 aromatic carbocycles. The number of likely N-dealkylation sites (N-methyl/N-ethyl adjacent to an activating group) is 1. The van der Waals surface area contributed by atoms with Crippen LogP contribution in [0.1, 0.15) is 18.5 Å². The van der Waals surface area contributed by atoms with Crippen molar-refractivity contribution in [3.8, 4) is 0 Å². The second-order valence-electron chi connectivity index (χ2n) is 3.70. The quantitative estimate of drug-likeness (QED) is 0.867. The van der Waals surface area contributed by atoms with Crippen molar-refractivity contribution < 1.29 is 9.18 Å². The minimum absolute atomic E-state index is 0.00819. The highest BCUT2D eigenvalue weighted by Crippen LogP contribution is 2.29. The van der Waals surface area contributed by atoms with Crippen molar-refractivity contribution in [2.45, 2.75) is 13.0 Å². The van der Waals surface area contributed by atoms with Gasteiger partial charge in [0.1, 0.15) is 17.7 Å². The van der Waals surface area contributed by atoms with Crippen LogP contribution in [0.2, 0.25) is 0 Å². The van der Waals surface area contributed by atoms with Gasteiger partial charge in [-0.2, -0.15) is 0 Å². The fourth-order valence-corrected chi connectivity index (χ4v) is 2.28. The van der Waals surface area contributed by atoms with Crippen molar-refractivity contribution in [3.05, 3.63) is 34.1 Å². The summed E-state index contributed by atoms with van der Waals surface area (Å²) in [6.45, 7) is 2.21. The molecule has 1 unspecified atom stereocenters. The van der Waals surface area contributed by atoms with E-state index >= 15 is 0 Å². The lowest BCUT2D eigenvalue weighted by Crippen LogP contribution is -2.29. The Morgan fingerprint density at radius 3 is 2.94 bits per heavy atom. The molecule has 1 aliphatic heterocycles. The van der Waals surface area contributed by atoms with Crippen LogP contribution in [-0.4, -0.2) is 23.3 Å². The molecule has 1 saturated heterocycles. The first kappa shape index (κ1) is 12.0. The zero-order valence-electron chi connectivity index (χ0n) is 9.13. The van der Waals surface area contributed by atoms with E-state index in [0.717, 1.165) is 4.47 Å². The Morgan fingerprint density at radius 1 is 1.59 bits per heavy atom. The highest BCUT2D eigenvalue weighted by molar-refractivity contribution is 9.10. The lowest BCUT2D eigenvalue weighted by molar-refractivity contribution is 0.208. The van der Waals surface area contributed by atoms with Gasteiger partial charge in [-0.05, 0) is 25.1 Å². The molecule has 2 amide bonds. The maximum Gasteiger partial charge on any atom is 0.323 e. The van der Waals surface area contributed by atoms with E-state index in [2.05, 4.69) is 21.2 Å². The Bertz CT molecular complexity index is 492. The molecule has 6 heteroatoms. The van der Waals surface area contributed by atoms with Crippen LogP contribution in [-0.2, 0) is 0 Å². The second-order valence-corrected chi connectivity index (χ2v) is 4.61. The maximum atomic E-state index is 13.7. The average Bonchev–Trinajstić information content (AvgIpc) is 2.56. The van der Waals surface area contributed by atoms with Crippen molar-refractivity contribution in [1.29, 1.82) is 5.41 Å². The predicted octanol–water partition coefficient (Wildman–Crippen LogP) is 2.65. The minimum atomic E-state index is -0.662. The van der Waals surface area contributed by atoms with Gasteiger partial charge < -0.3 is 4.90 Å². The van der Waals surface area contributed by atoms with Gasteiger partial charge in [0.05, 0.1) is 0 Å². The Labute approximate surface area is 106 Å². The molecule has 1 heterocycles. The summed E-state index contributed by atoms with van der Waals surface area (Å²) in [6, 6.07) is 3.48. The lowest BCUT2D eigenvalue weighted by Gasteiger charge is -2.21. The third kappa shape index (κ3) is 2.04. The second kappa shape index (κ2) is 4.44. The molecule has 2 N–H and O–H groups in total. The minimum Gasteiger partial charge on any atom is -0.310 e. The molecule has 0 bridgehead atoms. The van der Waals surface area contributed by atoms with Gasteiger partial charge in [0, 0.05) is 16.6 Å². The van der Waals surface area contributed by atoms with E-state index < -0.39 is 11.9 Å². The van der Waals surface area contributed by atoms with Crippen LogP contribution >= 0.6 is 15.9 Å². The SMILES string of the molecule is CCN1C(=O)NC(=N)C1c1cc(Br)ccc1F. The molecule has 0 aromatic heterocycles. The smallest absolute Gasteiger partial charge is 0.310 e. The van der Waals surface area contributed by atoms with E-state index in [4.69, 9.17) is 5.41 Å². The highest BCUT2D eigenvalue weighted by Gasteiger charge is 2.37. The molecule has 4 nitrogen and oxygen atoms in total. The zero-order valence-corrected chi connectivity index (χ0v) is 10.7.